The molecule has 0 saturated carbocycles. The highest BCUT2D eigenvalue weighted by molar-refractivity contribution is 8.93. The molecule has 62 valence electrons. The van der Waals surface area contributed by atoms with Gasteiger partial charge in [0.15, 0.2) is 0 Å². The molecule has 0 amide bonds. The van der Waals surface area contributed by atoms with E-state index in [1.807, 2.05) is 0 Å². The summed E-state index contributed by atoms with van der Waals surface area (Å²) in [6.07, 6.45) is 1.13. The van der Waals surface area contributed by atoms with Crippen molar-refractivity contribution in [3.63, 3.8) is 0 Å². The maximum Gasteiger partial charge on any atom is -0.0271 e. The Morgan fingerprint density at radius 2 is 2.00 bits per heavy atom. The first-order valence-corrected chi connectivity index (χ1v) is 4.17. The van der Waals surface area contributed by atoms with Gasteiger partial charge in [0.25, 0.3) is 0 Å². The van der Waals surface area contributed by atoms with Gasteiger partial charge in [0.2, 0.25) is 0 Å². The van der Waals surface area contributed by atoms with Crippen molar-refractivity contribution in [2.45, 2.75) is 20.3 Å². The first kappa shape index (κ1) is 11.1. The first-order valence-electron chi connectivity index (χ1n) is 3.59. The molecule has 0 aliphatic rings. The summed E-state index contributed by atoms with van der Waals surface area (Å²) in [5.41, 5.74) is 2.86. The van der Waals surface area contributed by atoms with Crippen LogP contribution in [0.1, 0.15) is 18.1 Å². The summed E-state index contributed by atoms with van der Waals surface area (Å²) < 4.78 is 0. The van der Waals surface area contributed by atoms with Gasteiger partial charge in [-0.1, -0.05) is 25.1 Å². The lowest BCUT2D eigenvalue weighted by Gasteiger charge is -2.04. The molecule has 0 aliphatic heterocycles. The number of aryl methyl sites for hydroxylation is 1. The molecule has 0 N–H and O–H groups in total. The van der Waals surface area contributed by atoms with Crippen molar-refractivity contribution >= 4 is 31.5 Å². The van der Waals surface area contributed by atoms with Gasteiger partial charge in [0.1, 0.15) is 0 Å². The minimum Gasteiger partial charge on any atom is -0.114 e. The van der Waals surface area contributed by atoms with E-state index < -0.39 is 0 Å². The molecule has 0 aliphatic carbocycles. The summed E-state index contributed by atoms with van der Waals surface area (Å²) in [6, 6.07) is 6.41. The fraction of sp³-hybridized carbons (Fsp3) is 0.333. The summed E-state index contributed by atoms with van der Waals surface area (Å²) in [5.74, 6) is 0. The van der Waals surface area contributed by atoms with Crippen molar-refractivity contribution in [1.29, 1.82) is 0 Å². The van der Waals surface area contributed by atoms with Crippen LogP contribution in [-0.2, 0) is 6.42 Å². The predicted molar refractivity (Wildman–Crippen MR) is 60.2 cm³/mol. The van der Waals surface area contributed by atoms with Gasteiger partial charge >= 0.3 is 0 Å². The van der Waals surface area contributed by atoms with Crippen LogP contribution in [0.4, 0.5) is 0 Å². The van der Waals surface area contributed by atoms with Crippen molar-refractivity contribution < 1.29 is 0 Å². The van der Waals surface area contributed by atoms with Crippen LogP contribution < -0.4 is 5.30 Å². The topological polar surface area (TPSA) is 0 Å². The third-order valence-electron chi connectivity index (χ3n) is 1.87. The molecule has 0 bridgehead atoms. The Labute approximate surface area is 81.4 Å². The minimum atomic E-state index is 0. The van der Waals surface area contributed by atoms with E-state index in [1.54, 1.807) is 0 Å². The van der Waals surface area contributed by atoms with E-state index in [1.165, 1.54) is 16.4 Å². The summed E-state index contributed by atoms with van der Waals surface area (Å²) in [5, 5.41) is 1.32. The van der Waals surface area contributed by atoms with E-state index in [4.69, 9.17) is 0 Å². The summed E-state index contributed by atoms with van der Waals surface area (Å²) in [7, 11) is 2.75. The molecule has 0 spiro atoms. The Kier molecular flexibility index (Phi) is 4.96. The van der Waals surface area contributed by atoms with Gasteiger partial charge in [-0.05, 0) is 29.8 Å². The fourth-order valence-corrected chi connectivity index (χ4v) is 1.38. The molecule has 2 heteroatoms. The molecule has 0 fully saturated rings. The molecule has 1 aromatic carbocycles. The molecule has 1 aromatic rings. The van der Waals surface area contributed by atoms with Crippen LogP contribution in [0.15, 0.2) is 18.2 Å². The molecule has 0 aromatic heterocycles. The summed E-state index contributed by atoms with van der Waals surface area (Å²) >= 11 is 0. The van der Waals surface area contributed by atoms with Crippen LogP contribution >= 0.6 is 26.2 Å². The van der Waals surface area contributed by atoms with Gasteiger partial charge in [0, 0.05) is 0 Å². The largest absolute Gasteiger partial charge is 0.114 e. The van der Waals surface area contributed by atoms with Crippen LogP contribution in [0.2, 0.25) is 0 Å². The summed E-state index contributed by atoms with van der Waals surface area (Å²) in [4.78, 5) is 0. The average Bonchev–Trinajstić information content (AvgIpc) is 1.95. The molecular weight excluding hydrogens is 219 g/mol. The van der Waals surface area contributed by atoms with Gasteiger partial charge in [-0.3, -0.25) is 0 Å². The van der Waals surface area contributed by atoms with Crippen LogP contribution in [-0.4, -0.2) is 0 Å². The zero-order valence-corrected chi connectivity index (χ0v) is 9.79. The van der Waals surface area contributed by atoms with Gasteiger partial charge in [-0.25, -0.2) is 0 Å². The van der Waals surface area contributed by atoms with Gasteiger partial charge in [-0.2, -0.15) is 0 Å². The van der Waals surface area contributed by atoms with Gasteiger partial charge in [0.05, 0.1) is 0 Å². The van der Waals surface area contributed by atoms with E-state index in [9.17, 15) is 0 Å². The van der Waals surface area contributed by atoms with Crippen molar-refractivity contribution in [1.82, 2.24) is 0 Å². The van der Waals surface area contributed by atoms with Crippen molar-refractivity contribution in [3.05, 3.63) is 29.3 Å². The number of rotatable bonds is 1. The smallest absolute Gasteiger partial charge is 0.0271 e. The molecule has 1 unspecified atom stereocenters. The Morgan fingerprint density at radius 1 is 1.36 bits per heavy atom. The third kappa shape index (κ3) is 2.57. The fourth-order valence-electron chi connectivity index (χ4n) is 1.09. The SMILES string of the molecule is Br.CCc1cccc(P)c1C. The molecule has 0 radical (unpaired) electrons. The quantitative estimate of drug-likeness (QED) is 0.654. The standard InChI is InChI=1S/C9H13P.BrH/c1-3-8-5-4-6-9(10)7(8)2;/h4-6H,3,10H2,1-2H3;1H. The second-order valence-electron chi connectivity index (χ2n) is 2.48. The molecule has 11 heavy (non-hydrogen) atoms. The number of hydrogen-bond acceptors (Lipinski definition) is 0. The van der Waals surface area contributed by atoms with Crippen LogP contribution in [0.25, 0.3) is 0 Å². The maximum atomic E-state index is 2.75. The number of hydrogen-bond donors (Lipinski definition) is 0. The average molecular weight is 233 g/mol. The molecule has 1 atom stereocenters. The number of halogens is 1. The maximum absolute atomic E-state index is 2.75. The molecule has 1 rings (SSSR count). The second kappa shape index (κ2) is 4.90. The van der Waals surface area contributed by atoms with Crippen molar-refractivity contribution in [2.75, 3.05) is 0 Å². The number of benzene rings is 1. The lowest BCUT2D eigenvalue weighted by molar-refractivity contribution is 1.12. The normalized spacial score (nSPS) is 9.00. The Hall–Kier alpha value is 0.130. The Balaban J connectivity index is 0.000001000. The van der Waals surface area contributed by atoms with Crippen LogP contribution in [0.3, 0.4) is 0 Å². The third-order valence-corrected chi connectivity index (χ3v) is 2.49. The molecular formula is C9H14BrP. The predicted octanol–water partition coefficient (Wildman–Crippen LogP) is 2.64. The van der Waals surface area contributed by atoms with Gasteiger partial charge in [-0.15, -0.1) is 26.2 Å². The lowest BCUT2D eigenvalue weighted by atomic mass is 10.1. The van der Waals surface area contributed by atoms with Crippen LogP contribution in [0, 0.1) is 6.92 Å². The highest BCUT2D eigenvalue weighted by Gasteiger charge is 1.95. The van der Waals surface area contributed by atoms with Crippen LogP contribution in [0.5, 0.6) is 0 Å². The highest BCUT2D eigenvalue weighted by Crippen LogP contribution is 2.07. The zero-order valence-electron chi connectivity index (χ0n) is 6.92. The first-order chi connectivity index (χ1) is 4.75. The highest BCUT2D eigenvalue weighted by atomic mass is 79.9. The van der Waals surface area contributed by atoms with E-state index in [2.05, 4.69) is 41.3 Å². The molecule has 0 saturated heterocycles. The van der Waals surface area contributed by atoms with Crippen molar-refractivity contribution in [2.24, 2.45) is 0 Å². The molecule has 0 heterocycles. The Morgan fingerprint density at radius 3 is 2.45 bits per heavy atom. The van der Waals surface area contributed by atoms with E-state index in [0.29, 0.717) is 0 Å². The second-order valence-corrected chi connectivity index (χ2v) is 3.11. The Bertz CT molecular complexity index is 233. The minimum absolute atomic E-state index is 0. The monoisotopic (exact) mass is 232 g/mol. The summed E-state index contributed by atoms with van der Waals surface area (Å²) in [6.45, 7) is 4.35. The molecule has 0 nitrogen and oxygen atoms in total. The van der Waals surface area contributed by atoms with Gasteiger partial charge < -0.3 is 0 Å². The van der Waals surface area contributed by atoms with E-state index in [-0.39, 0.29) is 17.0 Å². The van der Waals surface area contributed by atoms with E-state index in [0.717, 1.165) is 6.42 Å². The van der Waals surface area contributed by atoms with E-state index >= 15 is 0 Å². The van der Waals surface area contributed by atoms with Crippen molar-refractivity contribution in [3.8, 4) is 0 Å². The zero-order chi connectivity index (χ0) is 7.56. The lowest BCUT2D eigenvalue weighted by Crippen LogP contribution is -1.99.